The van der Waals surface area contributed by atoms with Crippen molar-refractivity contribution < 1.29 is 24.2 Å². The Morgan fingerprint density at radius 3 is 1.46 bits per heavy atom. The normalized spacial score (nSPS) is 13.1. The molecule has 1 unspecified atom stereocenters. The summed E-state index contributed by atoms with van der Waals surface area (Å²) in [5.74, 6) is -1.39. The number of carboxylic acids is 1. The first-order valence-electron chi connectivity index (χ1n) is 20.4. The van der Waals surface area contributed by atoms with Gasteiger partial charge in [0.2, 0.25) is 5.91 Å². The summed E-state index contributed by atoms with van der Waals surface area (Å²) in [5.41, 5.74) is 0. The number of rotatable bonds is 35. The second-order valence-electron chi connectivity index (χ2n) is 13.1. The van der Waals surface area contributed by atoms with Crippen LogP contribution in [0.1, 0.15) is 162 Å². The molecule has 0 aliphatic heterocycles. The Labute approximate surface area is 318 Å². The van der Waals surface area contributed by atoms with E-state index in [1.807, 2.05) is 6.08 Å². The Bertz CT molecular complexity index is 1110. The molecular formula is C46H73NO5. The molecule has 1 amide bonds. The van der Waals surface area contributed by atoms with E-state index in [1.165, 1.54) is 25.7 Å². The number of amides is 1. The number of hydrogen-bond donors (Lipinski definition) is 2. The molecule has 0 aromatic carbocycles. The van der Waals surface area contributed by atoms with E-state index >= 15 is 0 Å². The SMILES string of the molecule is CC/C=C\C/C=C\C/C=C\C/C=C\C/C=C\CCCCCCCCCC(=O)OC(/C=C\C/C=C\C/C=C\CC)CCCCCCC(=O)NCC(=O)O. The third kappa shape index (κ3) is 39.1. The molecule has 6 heteroatoms. The van der Waals surface area contributed by atoms with Crippen molar-refractivity contribution in [1.29, 1.82) is 0 Å². The molecule has 0 radical (unpaired) electrons. The molecule has 1 atom stereocenters. The van der Waals surface area contributed by atoms with E-state index < -0.39 is 5.97 Å². The number of carbonyl (C=O) groups excluding carboxylic acids is 2. The van der Waals surface area contributed by atoms with Gasteiger partial charge in [0, 0.05) is 12.8 Å². The molecule has 0 aliphatic carbocycles. The first kappa shape index (κ1) is 48.3. The summed E-state index contributed by atoms with van der Waals surface area (Å²) in [6, 6.07) is 0. The summed E-state index contributed by atoms with van der Waals surface area (Å²) in [6.45, 7) is 3.95. The van der Waals surface area contributed by atoms with Crippen LogP contribution in [0.4, 0.5) is 0 Å². The highest BCUT2D eigenvalue weighted by atomic mass is 16.5. The summed E-state index contributed by atoms with van der Waals surface area (Å²) in [7, 11) is 0. The quantitative estimate of drug-likeness (QED) is 0.0386. The molecule has 0 saturated carbocycles. The number of unbranched alkanes of at least 4 members (excludes halogenated alkanes) is 10. The highest BCUT2D eigenvalue weighted by molar-refractivity contribution is 5.80. The Balaban J connectivity index is 4.11. The molecule has 0 aliphatic rings. The standard InChI is InChI=1S/C46H73NO5/c1-3-5-7-9-11-13-14-15-16-17-18-19-20-21-22-23-24-25-26-27-29-31-37-41-46(51)52-43(38-34-30-28-12-10-8-6-4-2)39-35-32-33-36-40-44(48)47-42-45(49)50/h5-8,11-13,15-16,18-19,21-22,28,34,38,43H,3-4,9-10,14,17,20,23-27,29-33,35-37,39-42H2,1-2H3,(H,47,48)(H,49,50)/b7-5-,8-6-,13-11-,16-15-,19-18-,22-21-,28-12-,38-34-. The lowest BCUT2D eigenvalue weighted by Gasteiger charge is -2.14. The average molecular weight is 720 g/mol. The van der Waals surface area contributed by atoms with Crippen LogP contribution in [0.25, 0.3) is 0 Å². The lowest BCUT2D eigenvalue weighted by molar-refractivity contribution is -0.147. The number of carboxylic acid groups (broad SMARTS) is 1. The van der Waals surface area contributed by atoms with Gasteiger partial charge in [-0.3, -0.25) is 14.4 Å². The number of esters is 1. The maximum atomic E-state index is 12.6. The van der Waals surface area contributed by atoms with Gasteiger partial charge in [-0.15, -0.1) is 0 Å². The Morgan fingerprint density at radius 2 is 0.942 bits per heavy atom. The summed E-state index contributed by atoms with van der Waals surface area (Å²) in [5, 5.41) is 11.1. The minimum absolute atomic E-state index is 0.123. The van der Waals surface area contributed by atoms with Crippen molar-refractivity contribution in [2.24, 2.45) is 0 Å². The van der Waals surface area contributed by atoms with E-state index in [4.69, 9.17) is 9.84 Å². The van der Waals surface area contributed by atoms with E-state index in [1.54, 1.807) is 0 Å². The zero-order valence-electron chi connectivity index (χ0n) is 32.9. The largest absolute Gasteiger partial charge is 0.480 e. The minimum Gasteiger partial charge on any atom is -0.480 e. The van der Waals surface area contributed by atoms with E-state index in [-0.39, 0.29) is 24.5 Å². The summed E-state index contributed by atoms with van der Waals surface area (Å²) in [6.07, 6.45) is 57.0. The molecule has 0 bridgehead atoms. The van der Waals surface area contributed by atoms with E-state index in [0.717, 1.165) is 103 Å². The number of allylic oxidation sites excluding steroid dienone is 15. The van der Waals surface area contributed by atoms with E-state index in [2.05, 4.69) is 110 Å². The summed E-state index contributed by atoms with van der Waals surface area (Å²) < 4.78 is 5.86. The van der Waals surface area contributed by atoms with Crippen LogP contribution in [-0.4, -0.2) is 35.6 Å². The molecule has 52 heavy (non-hydrogen) atoms. The van der Waals surface area contributed by atoms with Crippen molar-refractivity contribution in [3.8, 4) is 0 Å². The molecule has 0 fully saturated rings. The predicted octanol–water partition coefficient (Wildman–Crippen LogP) is 12.6. The molecule has 6 nitrogen and oxygen atoms in total. The zero-order chi connectivity index (χ0) is 38.0. The molecule has 0 spiro atoms. The van der Waals surface area contributed by atoms with Gasteiger partial charge in [0.05, 0.1) is 0 Å². The van der Waals surface area contributed by atoms with Crippen molar-refractivity contribution in [2.45, 2.75) is 168 Å². The molecule has 0 saturated heterocycles. The van der Waals surface area contributed by atoms with Crippen LogP contribution in [0, 0.1) is 0 Å². The predicted molar refractivity (Wildman–Crippen MR) is 221 cm³/mol. The minimum atomic E-state index is -1.04. The van der Waals surface area contributed by atoms with Crippen LogP contribution in [0.3, 0.4) is 0 Å². The van der Waals surface area contributed by atoms with Crippen LogP contribution in [0.15, 0.2) is 97.2 Å². The fourth-order valence-corrected chi connectivity index (χ4v) is 5.30. The smallest absolute Gasteiger partial charge is 0.322 e. The van der Waals surface area contributed by atoms with Crippen molar-refractivity contribution in [2.75, 3.05) is 6.54 Å². The maximum Gasteiger partial charge on any atom is 0.322 e. The molecule has 2 N–H and O–H groups in total. The Hall–Kier alpha value is -3.67. The number of hydrogen-bond acceptors (Lipinski definition) is 4. The monoisotopic (exact) mass is 720 g/mol. The van der Waals surface area contributed by atoms with Gasteiger partial charge in [-0.05, 0) is 96.0 Å². The molecule has 0 aromatic heterocycles. The second-order valence-corrected chi connectivity index (χ2v) is 13.1. The third-order valence-corrected chi connectivity index (χ3v) is 8.24. The highest BCUT2D eigenvalue weighted by Gasteiger charge is 2.11. The van der Waals surface area contributed by atoms with Crippen LogP contribution >= 0.6 is 0 Å². The van der Waals surface area contributed by atoms with Crippen LogP contribution in [-0.2, 0) is 19.1 Å². The van der Waals surface area contributed by atoms with Gasteiger partial charge in [-0.2, -0.15) is 0 Å². The number of ether oxygens (including phenoxy) is 1. The summed E-state index contributed by atoms with van der Waals surface area (Å²) in [4.78, 5) is 34.9. The molecule has 292 valence electrons. The average Bonchev–Trinajstić information content (AvgIpc) is 3.13. The van der Waals surface area contributed by atoms with Gasteiger partial charge in [-0.1, -0.05) is 150 Å². The topological polar surface area (TPSA) is 92.7 Å². The van der Waals surface area contributed by atoms with Crippen LogP contribution in [0.5, 0.6) is 0 Å². The zero-order valence-corrected chi connectivity index (χ0v) is 32.9. The van der Waals surface area contributed by atoms with Crippen molar-refractivity contribution >= 4 is 17.8 Å². The number of carbonyl (C=O) groups is 3. The lowest BCUT2D eigenvalue weighted by atomic mass is 10.1. The van der Waals surface area contributed by atoms with Gasteiger partial charge >= 0.3 is 11.9 Å². The number of aliphatic carboxylic acids is 1. The molecule has 0 aromatic rings. The first-order chi connectivity index (χ1) is 25.5. The first-order valence-corrected chi connectivity index (χ1v) is 20.4. The number of nitrogens with one attached hydrogen (secondary N) is 1. The second kappa shape index (κ2) is 40.1. The van der Waals surface area contributed by atoms with Gasteiger partial charge in [-0.25, -0.2) is 0 Å². The van der Waals surface area contributed by atoms with Gasteiger partial charge in [0.25, 0.3) is 0 Å². The fraction of sp³-hybridized carbons (Fsp3) is 0.587. The van der Waals surface area contributed by atoms with Crippen molar-refractivity contribution in [1.82, 2.24) is 5.32 Å². The molecular weight excluding hydrogens is 647 g/mol. The molecule has 0 heterocycles. The van der Waals surface area contributed by atoms with E-state index in [0.29, 0.717) is 19.3 Å². The van der Waals surface area contributed by atoms with Crippen LogP contribution < -0.4 is 5.32 Å². The highest BCUT2D eigenvalue weighted by Crippen LogP contribution is 2.15. The fourth-order valence-electron chi connectivity index (χ4n) is 5.30. The van der Waals surface area contributed by atoms with Gasteiger partial charge < -0.3 is 15.2 Å². The van der Waals surface area contributed by atoms with Crippen molar-refractivity contribution in [3.63, 3.8) is 0 Å². The van der Waals surface area contributed by atoms with E-state index in [9.17, 15) is 14.4 Å². The van der Waals surface area contributed by atoms with Gasteiger partial charge in [0.1, 0.15) is 12.6 Å². The Kier molecular flexibility index (Phi) is 37.3. The third-order valence-electron chi connectivity index (χ3n) is 8.24. The maximum absolute atomic E-state index is 12.6. The lowest BCUT2D eigenvalue weighted by Crippen LogP contribution is -2.28. The summed E-state index contributed by atoms with van der Waals surface area (Å²) >= 11 is 0. The Morgan fingerprint density at radius 1 is 0.519 bits per heavy atom. The molecule has 0 rings (SSSR count). The van der Waals surface area contributed by atoms with Crippen molar-refractivity contribution in [3.05, 3.63) is 97.2 Å². The van der Waals surface area contributed by atoms with Gasteiger partial charge in [0.15, 0.2) is 0 Å². The van der Waals surface area contributed by atoms with Crippen LogP contribution in [0.2, 0.25) is 0 Å².